The lowest BCUT2D eigenvalue weighted by Crippen LogP contribution is -2.25. The Balaban J connectivity index is 2.70. The molecule has 0 fully saturated rings. The molecule has 82 valence electrons. The Morgan fingerprint density at radius 2 is 1.80 bits per heavy atom. The maximum atomic E-state index is 11.6. The van der Waals surface area contributed by atoms with Crippen LogP contribution in [0.25, 0.3) is 0 Å². The van der Waals surface area contributed by atoms with E-state index in [1.165, 1.54) is 0 Å². The van der Waals surface area contributed by atoms with Gasteiger partial charge in [-0.2, -0.15) is 0 Å². The lowest BCUT2D eigenvalue weighted by molar-refractivity contribution is 0.562. The molecule has 0 aliphatic rings. The van der Waals surface area contributed by atoms with Gasteiger partial charge in [-0.25, -0.2) is 0 Å². The molecule has 1 rings (SSSR count). The first-order valence-electron chi connectivity index (χ1n) is 4.61. The summed E-state index contributed by atoms with van der Waals surface area (Å²) < 4.78 is 16.4. The predicted octanol–water partition coefficient (Wildman–Crippen LogP) is 3.33. The highest BCUT2D eigenvalue weighted by Crippen LogP contribution is 2.17. The number of nitrogens with zero attached hydrogens (tertiary/aromatic N) is 1. The van der Waals surface area contributed by atoms with Gasteiger partial charge in [0.2, 0.25) is 0 Å². The zero-order valence-corrected chi connectivity index (χ0v) is 11.4. The van der Waals surface area contributed by atoms with Gasteiger partial charge in [-0.15, -0.1) is 0 Å². The Morgan fingerprint density at radius 1 is 1.27 bits per heavy atom. The third-order valence-corrected chi connectivity index (χ3v) is 3.56. The van der Waals surface area contributed by atoms with Gasteiger partial charge in [-0.1, -0.05) is 32.5 Å². The standard InChI is InChI=1S/C11H14BrNOS/c1-11(2,3)15(14)13-8-9-4-6-10(12)7-5-9/h4-8H,1-3H3. The molecule has 0 amide bonds. The Kier molecular flexibility index (Phi) is 4.37. The second-order valence-corrected chi connectivity index (χ2v) is 7.00. The second-order valence-electron chi connectivity index (χ2n) is 4.15. The van der Waals surface area contributed by atoms with Crippen LogP contribution >= 0.6 is 15.9 Å². The van der Waals surface area contributed by atoms with Crippen LogP contribution in [-0.2, 0) is 11.4 Å². The highest BCUT2D eigenvalue weighted by Gasteiger charge is 2.25. The second kappa shape index (κ2) is 5.14. The molecule has 1 atom stereocenters. The van der Waals surface area contributed by atoms with Gasteiger partial charge in [0.15, 0.2) is 0 Å². The van der Waals surface area contributed by atoms with Crippen LogP contribution in [0.1, 0.15) is 26.3 Å². The number of halogens is 1. The Labute approximate surface area is 102 Å². The third kappa shape index (κ3) is 4.36. The van der Waals surface area contributed by atoms with Crippen molar-refractivity contribution in [2.24, 2.45) is 4.40 Å². The van der Waals surface area contributed by atoms with Crippen LogP contribution in [-0.4, -0.2) is 15.5 Å². The van der Waals surface area contributed by atoms with E-state index < -0.39 is 11.4 Å². The summed E-state index contributed by atoms with van der Waals surface area (Å²) in [6.45, 7) is 5.71. The van der Waals surface area contributed by atoms with E-state index in [1.807, 2.05) is 45.0 Å². The first-order valence-corrected chi connectivity index (χ1v) is 6.51. The molecule has 0 saturated heterocycles. The van der Waals surface area contributed by atoms with E-state index in [1.54, 1.807) is 6.21 Å². The minimum atomic E-state index is -1.19. The van der Waals surface area contributed by atoms with Gasteiger partial charge in [0.1, 0.15) is 16.1 Å². The van der Waals surface area contributed by atoms with E-state index in [9.17, 15) is 4.55 Å². The molecule has 0 radical (unpaired) electrons. The maximum Gasteiger partial charge on any atom is 0.144 e. The molecule has 15 heavy (non-hydrogen) atoms. The van der Waals surface area contributed by atoms with Gasteiger partial charge in [0, 0.05) is 4.47 Å². The summed E-state index contributed by atoms with van der Waals surface area (Å²) in [5.74, 6) is 0. The van der Waals surface area contributed by atoms with Gasteiger partial charge in [-0.05, 0) is 38.5 Å². The SMILES string of the molecule is CC(C)(C)[S+]([O-])N=Cc1ccc(Br)cc1. The average molecular weight is 288 g/mol. The van der Waals surface area contributed by atoms with Crippen LogP contribution in [0.15, 0.2) is 33.1 Å². The Morgan fingerprint density at radius 3 is 2.27 bits per heavy atom. The zero-order valence-electron chi connectivity index (χ0n) is 9.03. The lowest BCUT2D eigenvalue weighted by atomic mass is 10.2. The number of hydrogen-bond donors (Lipinski definition) is 0. The van der Waals surface area contributed by atoms with E-state index in [0.29, 0.717) is 0 Å². The van der Waals surface area contributed by atoms with Crippen molar-refractivity contribution in [2.75, 3.05) is 0 Å². The molecule has 0 bridgehead atoms. The van der Waals surface area contributed by atoms with Gasteiger partial charge in [0.05, 0.1) is 6.21 Å². The molecular weight excluding hydrogens is 274 g/mol. The average Bonchev–Trinajstić information content (AvgIpc) is 2.15. The predicted molar refractivity (Wildman–Crippen MR) is 69.6 cm³/mol. The van der Waals surface area contributed by atoms with Gasteiger partial charge in [0.25, 0.3) is 0 Å². The fourth-order valence-corrected chi connectivity index (χ4v) is 1.61. The summed E-state index contributed by atoms with van der Waals surface area (Å²) in [4.78, 5) is 0. The molecule has 4 heteroatoms. The van der Waals surface area contributed by atoms with Crippen molar-refractivity contribution in [3.05, 3.63) is 34.3 Å². The van der Waals surface area contributed by atoms with Gasteiger partial charge >= 0.3 is 0 Å². The van der Waals surface area contributed by atoms with E-state index in [4.69, 9.17) is 0 Å². The first kappa shape index (κ1) is 12.7. The van der Waals surface area contributed by atoms with Crippen molar-refractivity contribution in [1.82, 2.24) is 0 Å². The van der Waals surface area contributed by atoms with Crippen molar-refractivity contribution in [3.8, 4) is 0 Å². The van der Waals surface area contributed by atoms with E-state index in [-0.39, 0.29) is 4.75 Å². The molecule has 0 spiro atoms. The highest BCUT2D eigenvalue weighted by atomic mass is 79.9. The molecule has 1 aromatic carbocycles. The van der Waals surface area contributed by atoms with Crippen LogP contribution < -0.4 is 0 Å². The molecule has 1 aromatic rings. The quantitative estimate of drug-likeness (QED) is 0.607. The summed E-state index contributed by atoms with van der Waals surface area (Å²) in [6, 6.07) is 7.71. The van der Waals surface area contributed by atoms with E-state index in [2.05, 4.69) is 20.3 Å². The summed E-state index contributed by atoms with van der Waals surface area (Å²) in [5.41, 5.74) is 0.954. The zero-order chi connectivity index (χ0) is 11.5. The first-order chi connectivity index (χ1) is 6.89. The fraction of sp³-hybridized carbons (Fsp3) is 0.364. The molecule has 0 aliphatic heterocycles. The fourth-order valence-electron chi connectivity index (χ4n) is 0.816. The molecular formula is C11H14BrNOS. The van der Waals surface area contributed by atoms with Gasteiger partial charge in [-0.3, -0.25) is 0 Å². The molecule has 1 unspecified atom stereocenters. The maximum absolute atomic E-state index is 11.6. The number of benzene rings is 1. The lowest BCUT2D eigenvalue weighted by Gasteiger charge is -2.17. The number of rotatable bonds is 2. The highest BCUT2D eigenvalue weighted by molar-refractivity contribution is 9.10. The number of hydrogen-bond acceptors (Lipinski definition) is 2. The molecule has 0 aliphatic carbocycles. The van der Waals surface area contributed by atoms with Crippen molar-refractivity contribution >= 4 is 33.5 Å². The largest absolute Gasteiger partial charge is 0.591 e. The van der Waals surface area contributed by atoms with Crippen molar-refractivity contribution in [3.63, 3.8) is 0 Å². The van der Waals surface area contributed by atoms with Crippen LogP contribution in [0.4, 0.5) is 0 Å². The Bertz CT molecular complexity index is 343. The smallest absolute Gasteiger partial charge is 0.144 e. The third-order valence-electron chi connectivity index (χ3n) is 1.69. The molecule has 2 nitrogen and oxygen atoms in total. The normalized spacial score (nSPS) is 14.5. The molecule has 0 saturated carbocycles. The summed E-state index contributed by atoms with van der Waals surface area (Å²) >= 11 is 2.17. The van der Waals surface area contributed by atoms with Crippen LogP contribution in [0.3, 0.4) is 0 Å². The van der Waals surface area contributed by atoms with E-state index >= 15 is 0 Å². The monoisotopic (exact) mass is 287 g/mol. The van der Waals surface area contributed by atoms with Crippen LogP contribution in [0, 0.1) is 0 Å². The van der Waals surface area contributed by atoms with Crippen molar-refractivity contribution < 1.29 is 4.55 Å². The Hall–Kier alpha value is -0.320. The van der Waals surface area contributed by atoms with Crippen molar-refractivity contribution in [1.29, 1.82) is 0 Å². The van der Waals surface area contributed by atoms with E-state index in [0.717, 1.165) is 10.0 Å². The molecule has 0 heterocycles. The van der Waals surface area contributed by atoms with Gasteiger partial charge < -0.3 is 4.55 Å². The summed E-state index contributed by atoms with van der Waals surface area (Å²) in [5, 5.41) is 0. The minimum absolute atomic E-state index is 0.300. The minimum Gasteiger partial charge on any atom is -0.591 e. The molecule has 0 N–H and O–H groups in total. The summed E-state index contributed by atoms with van der Waals surface area (Å²) in [7, 11) is 0. The summed E-state index contributed by atoms with van der Waals surface area (Å²) in [6.07, 6.45) is 1.65. The molecule has 0 aromatic heterocycles. The van der Waals surface area contributed by atoms with Crippen LogP contribution in [0.2, 0.25) is 0 Å². The van der Waals surface area contributed by atoms with Crippen LogP contribution in [0.5, 0.6) is 0 Å². The van der Waals surface area contributed by atoms with Crippen molar-refractivity contribution in [2.45, 2.75) is 25.5 Å². The topological polar surface area (TPSA) is 35.4 Å².